The highest BCUT2D eigenvalue weighted by Gasteiger charge is 2.53. The van der Waals surface area contributed by atoms with E-state index < -0.39 is 43.4 Å². The Hall–Kier alpha value is -0.930. The van der Waals surface area contributed by atoms with Crippen molar-refractivity contribution in [2.24, 2.45) is 5.11 Å². The van der Waals surface area contributed by atoms with Crippen LogP contribution in [0.1, 0.15) is 0 Å². The maximum absolute atomic E-state index is 9.77. The van der Waals surface area contributed by atoms with Crippen LogP contribution in [0.15, 0.2) is 5.11 Å². The summed E-state index contributed by atoms with van der Waals surface area (Å²) in [5.41, 5.74) is 6.59. The van der Waals surface area contributed by atoms with Gasteiger partial charge in [0.2, 0.25) is 0 Å². The zero-order valence-electron chi connectivity index (χ0n) is 9.17. The van der Waals surface area contributed by atoms with Gasteiger partial charge in [-0.1, -0.05) is 5.11 Å². The standard InChI is InChI=1S/C8H15N3O6/c1-16-7-4(10-11-9)5(14)6(15)8(2-12,3-13)17-7/h4-7,12-15H,2-3H2,1H3/t4-,5-,6-,7?/m1/s1. The molecule has 1 rings (SSSR count). The summed E-state index contributed by atoms with van der Waals surface area (Å²) >= 11 is 0. The van der Waals surface area contributed by atoms with Crippen molar-refractivity contribution >= 4 is 0 Å². The summed E-state index contributed by atoms with van der Waals surface area (Å²) in [6, 6.07) is -1.16. The van der Waals surface area contributed by atoms with E-state index in [0.29, 0.717) is 0 Å². The van der Waals surface area contributed by atoms with Crippen LogP contribution in [0.5, 0.6) is 0 Å². The fourth-order valence-corrected chi connectivity index (χ4v) is 1.71. The van der Waals surface area contributed by atoms with Gasteiger partial charge < -0.3 is 29.9 Å². The van der Waals surface area contributed by atoms with Gasteiger partial charge in [-0.3, -0.25) is 0 Å². The number of hydrogen-bond acceptors (Lipinski definition) is 7. The van der Waals surface area contributed by atoms with Crippen LogP contribution < -0.4 is 0 Å². The smallest absolute Gasteiger partial charge is 0.169 e. The SMILES string of the molecule is COC1OC(CO)(CO)[C@H](O)[C@H](O)[C@H]1N=[N+]=[N-]. The van der Waals surface area contributed by atoms with Crippen LogP contribution in [0.25, 0.3) is 10.4 Å². The molecule has 0 aromatic carbocycles. The molecule has 0 aliphatic carbocycles. The van der Waals surface area contributed by atoms with Crippen molar-refractivity contribution in [2.75, 3.05) is 20.3 Å². The first-order valence-electron chi connectivity index (χ1n) is 4.89. The Balaban J connectivity index is 3.04. The van der Waals surface area contributed by atoms with E-state index in [1.54, 1.807) is 0 Å². The Bertz CT molecular complexity index is 302. The molecule has 0 aromatic rings. The van der Waals surface area contributed by atoms with E-state index >= 15 is 0 Å². The Kier molecular flexibility index (Phi) is 4.66. The van der Waals surface area contributed by atoms with Gasteiger partial charge in [-0.2, -0.15) is 0 Å². The van der Waals surface area contributed by atoms with Gasteiger partial charge >= 0.3 is 0 Å². The molecule has 0 spiro atoms. The van der Waals surface area contributed by atoms with E-state index in [1.807, 2.05) is 0 Å². The largest absolute Gasteiger partial charge is 0.393 e. The molecule has 1 unspecified atom stereocenters. The summed E-state index contributed by atoms with van der Waals surface area (Å²) in [6.45, 7) is -1.44. The van der Waals surface area contributed by atoms with E-state index in [2.05, 4.69) is 10.0 Å². The number of ether oxygens (including phenoxy) is 2. The second-order valence-electron chi connectivity index (χ2n) is 3.73. The lowest BCUT2D eigenvalue weighted by atomic mass is 9.87. The van der Waals surface area contributed by atoms with Crippen LogP contribution in [-0.2, 0) is 9.47 Å². The summed E-state index contributed by atoms with van der Waals surface area (Å²) in [6.07, 6.45) is -4.27. The molecule has 0 bridgehead atoms. The predicted molar refractivity (Wildman–Crippen MR) is 53.7 cm³/mol. The normalized spacial score (nSPS) is 36.3. The number of rotatable bonds is 4. The summed E-state index contributed by atoms with van der Waals surface area (Å²) in [5.74, 6) is 0. The van der Waals surface area contributed by atoms with Crippen molar-refractivity contribution in [3.05, 3.63) is 10.4 Å². The molecule has 0 saturated carbocycles. The Morgan fingerprint density at radius 3 is 2.41 bits per heavy atom. The van der Waals surface area contributed by atoms with Crippen molar-refractivity contribution in [3.63, 3.8) is 0 Å². The Labute approximate surface area is 96.8 Å². The van der Waals surface area contributed by atoms with Crippen LogP contribution in [-0.4, -0.2) is 70.9 Å². The molecular formula is C8H15N3O6. The van der Waals surface area contributed by atoms with Crippen molar-refractivity contribution < 1.29 is 29.9 Å². The molecule has 1 fully saturated rings. The lowest BCUT2D eigenvalue weighted by Crippen LogP contribution is -2.67. The van der Waals surface area contributed by atoms with Crippen molar-refractivity contribution in [1.29, 1.82) is 0 Å². The minimum atomic E-state index is -1.75. The second kappa shape index (κ2) is 5.61. The number of aliphatic hydroxyl groups is 4. The average Bonchev–Trinajstić information content (AvgIpc) is 2.36. The van der Waals surface area contributed by atoms with Gasteiger partial charge in [0, 0.05) is 12.0 Å². The summed E-state index contributed by atoms with van der Waals surface area (Å²) in [5, 5.41) is 41.1. The minimum Gasteiger partial charge on any atom is -0.393 e. The lowest BCUT2D eigenvalue weighted by Gasteiger charge is -2.46. The molecule has 9 nitrogen and oxygen atoms in total. The third kappa shape index (κ3) is 2.35. The van der Waals surface area contributed by atoms with Gasteiger partial charge in [0.25, 0.3) is 0 Å². The van der Waals surface area contributed by atoms with Gasteiger partial charge in [0.15, 0.2) is 6.29 Å². The fourth-order valence-electron chi connectivity index (χ4n) is 1.71. The molecule has 17 heavy (non-hydrogen) atoms. The van der Waals surface area contributed by atoms with Crippen molar-refractivity contribution in [1.82, 2.24) is 0 Å². The van der Waals surface area contributed by atoms with Crippen LogP contribution in [0, 0.1) is 0 Å². The molecule has 1 saturated heterocycles. The zero-order valence-corrected chi connectivity index (χ0v) is 9.17. The van der Waals surface area contributed by atoms with Gasteiger partial charge in [-0.15, -0.1) is 0 Å². The molecule has 4 atom stereocenters. The second-order valence-corrected chi connectivity index (χ2v) is 3.73. The highest BCUT2D eigenvalue weighted by Crippen LogP contribution is 2.31. The van der Waals surface area contributed by atoms with E-state index in [9.17, 15) is 10.2 Å². The summed E-state index contributed by atoms with van der Waals surface area (Å²) in [7, 11) is 1.24. The van der Waals surface area contributed by atoms with Crippen molar-refractivity contribution in [3.8, 4) is 0 Å². The van der Waals surface area contributed by atoms with Crippen LogP contribution >= 0.6 is 0 Å². The van der Waals surface area contributed by atoms with Crippen molar-refractivity contribution in [2.45, 2.75) is 30.1 Å². The zero-order chi connectivity index (χ0) is 13.1. The third-order valence-electron chi connectivity index (χ3n) is 2.79. The fraction of sp³-hybridized carbons (Fsp3) is 1.00. The first-order chi connectivity index (χ1) is 8.06. The maximum atomic E-state index is 9.77. The minimum absolute atomic E-state index is 0.718. The molecule has 1 aliphatic rings. The number of methoxy groups -OCH3 is 1. The highest BCUT2D eigenvalue weighted by atomic mass is 16.7. The van der Waals surface area contributed by atoms with Gasteiger partial charge in [0.1, 0.15) is 17.7 Å². The molecule has 0 radical (unpaired) electrons. The third-order valence-corrected chi connectivity index (χ3v) is 2.79. The molecular weight excluding hydrogens is 234 g/mol. The quantitative estimate of drug-likeness (QED) is 0.260. The molecule has 0 amide bonds. The van der Waals surface area contributed by atoms with E-state index in [-0.39, 0.29) is 0 Å². The molecule has 1 aliphatic heterocycles. The first-order valence-corrected chi connectivity index (χ1v) is 4.89. The number of azide groups is 1. The summed E-state index contributed by atoms with van der Waals surface area (Å²) in [4.78, 5) is 2.51. The first kappa shape index (κ1) is 14.1. The number of nitrogens with zero attached hydrogens (tertiary/aromatic N) is 3. The lowest BCUT2D eigenvalue weighted by molar-refractivity contribution is -0.311. The van der Waals surface area contributed by atoms with Gasteiger partial charge in [-0.25, -0.2) is 0 Å². The average molecular weight is 249 g/mol. The molecule has 0 aromatic heterocycles. The summed E-state index contributed by atoms with van der Waals surface area (Å²) < 4.78 is 10.0. The van der Waals surface area contributed by atoms with Gasteiger partial charge in [0.05, 0.1) is 19.3 Å². The van der Waals surface area contributed by atoms with E-state index in [4.69, 9.17) is 25.2 Å². The molecule has 9 heteroatoms. The van der Waals surface area contributed by atoms with Gasteiger partial charge in [-0.05, 0) is 5.53 Å². The molecule has 1 heterocycles. The van der Waals surface area contributed by atoms with Crippen LogP contribution in [0.2, 0.25) is 0 Å². The van der Waals surface area contributed by atoms with Crippen LogP contribution in [0.4, 0.5) is 0 Å². The van der Waals surface area contributed by atoms with E-state index in [1.165, 1.54) is 7.11 Å². The predicted octanol–water partition coefficient (Wildman–Crippen LogP) is -1.89. The molecule has 4 N–H and O–H groups in total. The Morgan fingerprint density at radius 1 is 1.41 bits per heavy atom. The number of hydrogen-bond donors (Lipinski definition) is 4. The van der Waals surface area contributed by atoms with Crippen LogP contribution in [0.3, 0.4) is 0 Å². The van der Waals surface area contributed by atoms with E-state index in [0.717, 1.165) is 0 Å². The monoisotopic (exact) mass is 249 g/mol. The topological polar surface area (TPSA) is 148 Å². The molecule has 98 valence electrons. The maximum Gasteiger partial charge on any atom is 0.169 e. The number of aliphatic hydroxyl groups excluding tert-OH is 4. The Morgan fingerprint density at radius 2 is 2.00 bits per heavy atom. The highest BCUT2D eigenvalue weighted by molar-refractivity contribution is 5.02.